The van der Waals surface area contributed by atoms with Crippen LogP contribution in [0.4, 0.5) is 0 Å². The second kappa shape index (κ2) is 17.9. The summed E-state index contributed by atoms with van der Waals surface area (Å²) in [5, 5.41) is 17.5. The number of rotatable bonds is 18. The molecule has 0 heterocycles. The summed E-state index contributed by atoms with van der Waals surface area (Å²) in [6.07, 6.45) is 11.7. The lowest BCUT2D eigenvalue weighted by atomic mass is 10.1. The van der Waals surface area contributed by atoms with Gasteiger partial charge < -0.3 is 19.7 Å². The Morgan fingerprint density at radius 1 is 0.600 bits per heavy atom. The molecule has 6 heteroatoms. The van der Waals surface area contributed by atoms with Gasteiger partial charge >= 0.3 is 11.9 Å². The molecule has 0 fully saturated rings. The Labute approximate surface area is 180 Å². The number of carbonyl (C=O) groups is 2. The number of aliphatic hydroxyl groups is 2. The van der Waals surface area contributed by atoms with Gasteiger partial charge in [-0.2, -0.15) is 0 Å². The maximum atomic E-state index is 12.2. The summed E-state index contributed by atoms with van der Waals surface area (Å²) in [6, 6.07) is 6.46. The molecule has 0 radical (unpaired) electrons. The van der Waals surface area contributed by atoms with Crippen LogP contribution in [0.5, 0.6) is 0 Å². The van der Waals surface area contributed by atoms with Crippen molar-refractivity contribution in [3.63, 3.8) is 0 Å². The van der Waals surface area contributed by atoms with Crippen molar-refractivity contribution in [3.05, 3.63) is 35.4 Å². The lowest BCUT2D eigenvalue weighted by Crippen LogP contribution is -2.10. The molecular formula is C24H38O6. The first-order chi connectivity index (χ1) is 14.7. The fraction of sp³-hybridized carbons (Fsp3) is 0.667. The number of ether oxygens (including phenoxy) is 2. The van der Waals surface area contributed by atoms with Gasteiger partial charge in [-0.25, -0.2) is 9.59 Å². The number of hydrogen-bond donors (Lipinski definition) is 2. The van der Waals surface area contributed by atoms with Crippen LogP contribution < -0.4 is 0 Å². The standard InChI is InChI=1S/C24H38O6/c25-16-9-5-1-3-7-11-18-29-23(27)21-14-13-15-22(20-21)24(28)30-19-12-8-4-2-6-10-17-26/h13-15,20,25-26H,1-12,16-19H2. The summed E-state index contributed by atoms with van der Waals surface area (Å²) in [5.41, 5.74) is 0.715. The molecule has 0 saturated carbocycles. The van der Waals surface area contributed by atoms with E-state index in [4.69, 9.17) is 19.7 Å². The van der Waals surface area contributed by atoms with Crippen molar-refractivity contribution >= 4 is 11.9 Å². The third-order valence-electron chi connectivity index (χ3n) is 4.91. The highest BCUT2D eigenvalue weighted by molar-refractivity contribution is 5.95. The van der Waals surface area contributed by atoms with Crippen molar-refractivity contribution in [1.29, 1.82) is 0 Å². The Morgan fingerprint density at radius 3 is 1.37 bits per heavy atom. The highest BCUT2D eigenvalue weighted by Crippen LogP contribution is 2.11. The van der Waals surface area contributed by atoms with Gasteiger partial charge in [-0.05, 0) is 43.9 Å². The first-order valence-electron chi connectivity index (χ1n) is 11.3. The highest BCUT2D eigenvalue weighted by atomic mass is 16.5. The van der Waals surface area contributed by atoms with Gasteiger partial charge in [0.2, 0.25) is 0 Å². The second-order valence-corrected chi connectivity index (χ2v) is 7.54. The molecule has 0 aliphatic rings. The highest BCUT2D eigenvalue weighted by Gasteiger charge is 2.12. The molecule has 2 N–H and O–H groups in total. The summed E-state index contributed by atoms with van der Waals surface area (Å²) < 4.78 is 10.6. The van der Waals surface area contributed by atoms with Crippen LogP contribution in [-0.4, -0.2) is 48.6 Å². The van der Waals surface area contributed by atoms with Crippen molar-refractivity contribution in [1.82, 2.24) is 0 Å². The molecule has 0 bridgehead atoms. The molecule has 0 aliphatic carbocycles. The number of esters is 2. The largest absolute Gasteiger partial charge is 0.462 e. The molecule has 170 valence electrons. The van der Waals surface area contributed by atoms with Crippen molar-refractivity contribution in [2.75, 3.05) is 26.4 Å². The van der Waals surface area contributed by atoms with Crippen molar-refractivity contribution in [3.8, 4) is 0 Å². The number of aliphatic hydroxyl groups excluding tert-OH is 2. The second-order valence-electron chi connectivity index (χ2n) is 7.54. The van der Waals surface area contributed by atoms with Crippen LogP contribution in [0.25, 0.3) is 0 Å². The van der Waals surface area contributed by atoms with E-state index in [0.29, 0.717) is 24.3 Å². The number of carbonyl (C=O) groups excluding carboxylic acids is 2. The van der Waals surface area contributed by atoms with Gasteiger partial charge in [0.1, 0.15) is 0 Å². The Kier molecular flexibility index (Phi) is 15.6. The zero-order valence-electron chi connectivity index (χ0n) is 18.2. The van der Waals surface area contributed by atoms with Gasteiger partial charge in [0.25, 0.3) is 0 Å². The van der Waals surface area contributed by atoms with Crippen molar-refractivity contribution in [2.24, 2.45) is 0 Å². The zero-order valence-corrected chi connectivity index (χ0v) is 18.2. The van der Waals surface area contributed by atoms with Crippen LogP contribution in [0.3, 0.4) is 0 Å². The predicted molar refractivity (Wildman–Crippen MR) is 117 cm³/mol. The number of unbranched alkanes of at least 4 members (excludes halogenated alkanes) is 10. The smallest absolute Gasteiger partial charge is 0.338 e. The summed E-state index contributed by atoms with van der Waals surface area (Å²) in [4.78, 5) is 24.4. The quantitative estimate of drug-likeness (QED) is 0.264. The first kappa shape index (κ1) is 26.1. The van der Waals surface area contributed by atoms with E-state index in [1.807, 2.05) is 0 Å². The summed E-state index contributed by atoms with van der Waals surface area (Å²) in [5.74, 6) is -0.847. The van der Waals surface area contributed by atoms with Crippen LogP contribution >= 0.6 is 0 Å². The fourth-order valence-electron chi connectivity index (χ4n) is 3.11. The Balaban J connectivity index is 2.22. The minimum atomic E-state index is -0.423. The Hall–Kier alpha value is -1.92. The van der Waals surface area contributed by atoms with E-state index in [-0.39, 0.29) is 13.2 Å². The van der Waals surface area contributed by atoms with E-state index in [0.717, 1.165) is 77.0 Å². The molecule has 6 nitrogen and oxygen atoms in total. The number of hydrogen-bond acceptors (Lipinski definition) is 6. The van der Waals surface area contributed by atoms with Crippen LogP contribution in [0.2, 0.25) is 0 Å². The van der Waals surface area contributed by atoms with E-state index in [1.54, 1.807) is 18.2 Å². The average Bonchev–Trinajstić information content (AvgIpc) is 2.77. The normalized spacial score (nSPS) is 10.7. The lowest BCUT2D eigenvalue weighted by Gasteiger charge is -2.08. The molecule has 0 unspecified atom stereocenters. The molecule has 0 atom stereocenters. The Morgan fingerprint density at radius 2 is 0.967 bits per heavy atom. The molecule has 0 amide bonds. The zero-order chi connectivity index (χ0) is 21.9. The van der Waals surface area contributed by atoms with Gasteiger partial charge in [0.15, 0.2) is 0 Å². The third-order valence-corrected chi connectivity index (χ3v) is 4.91. The molecule has 0 saturated heterocycles. The number of benzene rings is 1. The minimum absolute atomic E-state index is 0.246. The SMILES string of the molecule is O=C(OCCCCCCCCO)c1cccc(C(=O)OCCCCCCCCO)c1. The molecule has 1 rings (SSSR count). The van der Waals surface area contributed by atoms with E-state index < -0.39 is 11.9 Å². The minimum Gasteiger partial charge on any atom is -0.462 e. The fourth-order valence-corrected chi connectivity index (χ4v) is 3.11. The molecule has 1 aromatic rings. The Bertz CT molecular complexity index is 540. The van der Waals surface area contributed by atoms with Gasteiger partial charge in [0.05, 0.1) is 24.3 Å². The third kappa shape index (κ3) is 12.6. The van der Waals surface area contributed by atoms with Crippen molar-refractivity contribution in [2.45, 2.75) is 77.0 Å². The molecule has 0 aromatic heterocycles. The van der Waals surface area contributed by atoms with Gasteiger partial charge in [0, 0.05) is 13.2 Å². The molecule has 0 aliphatic heterocycles. The maximum Gasteiger partial charge on any atom is 0.338 e. The molecular weight excluding hydrogens is 384 g/mol. The van der Waals surface area contributed by atoms with E-state index in [2.05, 4.69) is 0 Å². The summed E-state index contributed by atoms with van der Waals surface area (Å²) in [7, 11) is 0. The van der Waals surface area contributed by atoms with Crippen LogP contribution in [0.1, 0.15) is 97.8 Å². The van der Waals surface area contributed by atoms with Gasteiger partial charge in [-0.15, -0.1) is 0 Å². The van der Waals surface area contributed by atoms with Crippen molar-refractivity contribution < 1.29 is 29.3 Å². The maximum absolute atomic E-state index is 12.2. The van der Waals surface area contributed by atoms with E-state index >= 15 is 0 Å². The molecule has 30 heavy (non-hydrogen) atoms. The van der Waals surface area contributed by atoms with Gasteiger partial charge in [-0.3, -0.25) is 0 Å². The van der Waals surface area contributed by atoms with Crippen LogP contribution in [0, 0.1) is 0 Å². The predicted octanol–water partition coefficient (Wildman–Crippen LogP) is 4.67. The molecule has 0 spiro atoms. The lowest BCUT2D eigenvalue weighted by molar-refractivity contribution is 0.0496. The first-order valence-corrected chi connectivity index (χ1v) is 11.3. The van der Waals surface area contributed by atoms with Crippen LogP contribution in [0.15, 0.2) is 24.3 Å². The van der Waals surface area contributed by atoms with E-state index in [1.165, 1.54) is 6.07 Å². The van der Waals surface area contributed by atoms with E-state index in [9.17, 15) is 9.59 Å². The van der Waals surface area contributed by atoms with Gasteiger partial charge in [-0.1, -0.05) is 57.4 Å². The topological polar surface area (TPSA) is 93.1 Å². The van der Waals surface area contributed by atoms with Crippen LogP contribution in [-0.2, 0) is 9.47 Å². The monoisotopic (exact) mass is 422 g/mol. The summed E-state index contributed by atoms with van der Waals surface area (Å²) in [6.45, 7) is 1.23. The average molecular weight is 423 g/mol. The molecule has 1 aromatic carbocycles. The summed E-state index contributed by atoms with van der Waals surface area (Å²) >= 11 is 0.